The summed E-state index contributed by atoms with van der Waals surface area (Å²) < 4.78 is 29.5. The predicted molar refractivity (Wildman–Crippen MR) is 134 cm³/mol. The molecule has 8 heteroatoms. The van der Waals surface area contributed by atoms with Crippen LogP contribution < -0.4 is 0 Å². The van der Waals surface area contributed by atoms with Gasteiger partial charge in [-0.2, -0.15) is 4.31 Å². The number of aryl methyl sites for hydroxylation is 2. The monoisotopic (exact) mass is 515 g/mol. The Morgan fingerprint density at radius 1 is 0.912 bits per heavy atom. The molecule has 2 atom stereocenters. The van der Waals surface area contributed by atoms with Crippen molar-refractivity contribution in [1.82, 2.24) is 4.31 Å². The summed E-state index contributed by atoms with van der Waals surface area (Å²) in [6.45, 7) is 3.75. The smallest absolute Gasteiger partial charge is 0.333 e. The second kappa shape index (κ2) is 9.55. The summed E-state index contributed by atoms with van der Waals surface area (Å²) in [5.41, 5.74) is 3.03. The third-order valence-electron chi connectivity index (χ3n) is 5.95. The first kappa shape index (κ1) is 24.5. The number of nitrogens with zero attached hydrogens (tertiary/aromatic N) is 1. The standard InChI is InChI=1S/C26H23Cl2NO4S/c1-16-6-9-20(10-7-16)34(32,33)29-24(18-8-12-22(27)23(28)15-18)13-11-21(26(30)31)25(29)19-5-3-4-17(2)14-19/h3-12,14-15,24-25H,13H2,1-2H3,(H,30,31)/t24?,25-/m0/s1. The lowest BCUT2D eigenvalue weighted by Crippen LogP contribution is -2.42. The highest BCUT2D eigenvalue weighted by Crippen LogP contribution is 2.46. The fourth-order valence-corrected chi connectivity index (χ4v) is 6.37. The molecular weight excluding hydrogens is 493 g/mol. The van der Waals surface area contributed by atoms with Crippen LogP contribution >= 0.6 is 23.2 Å². The van der Waals surface area contributed by atoms with Crippen LogP contribution in [0.15, 0.2) is 83.3 Å². The van der Waals surface area contributed by atoms with Crippen LogP contribution in [-0.4, -0.2) is 23.8 Å². The lowest BCUT2D eigenvalue weighted by Gasteiger charge is -2.40. The zero-order valence-corrected chi connectivity index (χ0v) is 20.9. The van der Waals surface area contributed by atoms with Crippen LogP contribution in [-0.2, 0) is 14.8 Å². The van der Waals surface area contributed by atoms with Gasteiger partial charge in [0.2, 0.25) is 10.0 Å². The quantitative estimate of drug-likeness (QED) is 0.420. The number of hydrogen-bond donors (Lipinski definition) is 1. The van der Waals surface area contributed by atoms with Crippen molar-refractivity contribution in [2.75, 3.05) is 0 Å². The van der Waals surface area contributed by atoms with Gasteiger partial charge in [-0.3, -0.25) is 0 Å². The van der Waals surface area contributed by atoms with Crippen molar-refractivity contribution < 1.29 is 18.3 Å². The van der Waals surface area contributed by atoms with Crippen LogP contribution in [0.25, 0.3) is 0 Å². The number of halogens is 2. The Morgan fingerprint density at radius 3 is 2.24 bits per heavy atom. The van der Waals surface area contributed by atoms with Gasteiger partial charge < -0.3 is 5.11 Å². The molecule has 1 heterocycles. The zero-order valence-electron chi connectivity index (χ0n) is 18.6. The topological polar surface area (TPSA) is 74.7 Å². The molecule has 1 unspecified atom stereocenters. The normalized spacial score (nSPS) is 19.0. The van der Waals surface area contributed by atoms with Crippen molar-refractivity contribution in [3.05, 3.63) is 111 Å². The molecule has 4 rings (SSSR count). The van der Waals surface area contributed by atoms with Crippen molar-refractivity contribution >= 4 is 39.2 Å². The van der Waals surface area contributed by atoms with Crippen molar-refractivity contribution in [1.29, 1.82) is 0 Å². The van der Waals surface area contributed by atoms with E-state index in [0.717, 1.165) is 11.1 Å². The van der Waals surface area contributed by atoms with E-state index in [1.54, 1.807) is 60.7 Å². The summed E-state index contributed by atoms with van der Waals surface area (Å²) in [4.78, 5) is 12.4. The fraction of sp³-hybridized carbons (Fsp3) is 0.192. The van der Waals surface area contributed by atoms with Crippen LogP contribution in [0.5, 0.6) is 0 Å². The van der Waals surface area contributed by atoms with E-state index in [1.165, 1.54) is 4.31 Å². The molecule has 1 aliphatic rings. The molecule has 0 aromatic heterocycles. The molecule has 0 aliphatic carbocycles. The Kier molecular flexibility index (Phi) is 6.87. The number of aliphatic carboxylic acids is 1. The number of carboxylic acids is 1. The van der Waals surface area contributed by atoms with Gasteiger partial charge >= 0.3 is 5.97 Å². The second-order valence-corrected chi connectivity index (χ2v) is 11.0. The van der Waals surface area contributed by atoms with Crippen LogP contribution in [0.2, 0.25) is 10.0 Å². The van der Waals surface area contributed by atoms with Gasteiger partial charge in [-0.15, -0.1) is 0 Å². The molecule has 34 heavy (non-hydrogen) atoms. The molecule has 0 amide bonds. The van der Waals surface area contributed by atoms with Crippen LogP contribution in [0.4, 0.5) is 0 Å². The maximum atomic E-state index is 14.1. The molecule has 0 bridgehead atoms. The van der Waals surface area contributed by atoms with E-state index >= 15 is 0 Å². The minimum atomic E-state index is -4.12. The summed E-state index contributed by atoms with van der Waals surface area (Å²) in [5.74, 6) is -1.16. The van der Waals surface area contributed by atoms with E-state index in [0.29, 0.717) is 21.2 Å². The first-order valence-corrected chi connectivity index (χ1v) is 12.8. The van der Waals surface area contributed by atoms with E-state index in [-0.39, 0.29) is 16.9 Å². The predicted octanol–water partition coefficient (Wildman–Crippen LogP) is 6.50. The van der Waals surface area contributed by atoms with Crippen LogP contribution in [0.1, 0.15) is 40.8 Å². The number of hydrogen-bond acceptors (Lipinski definition) is 3. The molecule has 3 aromatic carbocycles. The van der Waals surface area contributed by atoms with E-state index < -0.39 is 28.1 Å². The Balaban J connectivity index is 1.99. The van der Waals surface area contributed by atoms with Crippen molar-refractivity contribution in [3.8, 4) is 0 Å². The molecule has 1 aliphatic heterocycles. The van der Waals surface area contributed by atoms with Crippen molar-refractivity contribution in [2.45, 2.75) is 37.2 Å². The molecule has 176 valence electrons. The number of carbonyl (C=O) groups is 1. The molecule has 0 fully saturated rings. The summed E-state index contributed by atoms with van der Waals surface area (Å²) in [6.07, 6.45) is 1.77. The van der Waals surface area contributed by atoms with Crippen molar-refractivity contribution in [3.63, 3.8) is 0 Å². The number of carboxylic acid groups (broad SMARTS) is 1. The second-order valence-electron chi connectivity index (χ2n) is 8.35. The Hall–Kier alpha value is -2.64. The fourth-order valence-electron chi connectivity index (χ4n) is 4.28. The molecule has 5 nitrogen and oxygen atoms in total. The van der Waals surface area contributed by atoms with Gasteiger partial charge in [-0.25, -0.2) is 13.2 Å². The molecule has 0 radical (unpaired) electrons. The van der Waals surface area contributed by atoms with Crippen LogP contribution in [0.3, 0.4) is 0 Å². The van der Waals surface area contributed by atoms with Gasteiger partial charge in [0, 0.05) is 0 Å². The number of sulfonamides is 1. The minimum absolute atomic E-state index is 0.0117. The minimum Gasteiger partial charge on any atom is -0.478 e. The maximum Gasteiger partial charge on any atom is 0.333 e. The van der Waals surface area contributed by atoms with E-state index in [4.69, 9.17) is 23.2 Å². The first-order chi connectivity index (χ1) is 16.1. The summed E-state index contributed by atoms with van der Waals surface area (Å²) in [5, 5.41) is 10.7. The average molecular weight is 516 g/mol. The van der Waals surface area contributed by atoms with Gasteiger partial charge in [0.1, 0.15) is 0 Å². The van der Waals surface area contributed by atoms with Gasteiger partial charge in [0.15, 0.2) is 0 Å². The van der Waals surface area contributed by atoms with Gasteiger partial charge in [-0.05, 0) is 55.7 Å². The Morgan fingerprint density at radius 2 is 1.62 bits per heavy atom. The highest BCUT2D eigenvalue weighted by Gasteiger charge is 2.44. The highest BCUT2D eigenvalue weighted by molar-refractivity contribution is 7.89. The number of rotatable bonds is 5. The van der Waals surface area contributed by atoms with Gasteiger partial charge in [0.25, 0.3) is 0 Å². The maximum absolute atomic E-state index is 14.1. The summed E-state index contributed by atoms with van der Waals surface area (Å²) in [6, 6.07) is 17.0. The third-order valence-corrected chi connectivity index (χ3v) is 8.57. The lowest BCUT2D eigenvalue weighted by molar-refractivity contribution is -0.133. The molecular formula is C26H23Cl2NO4S. The van der Waals surface area contributed by atoms with E-state index in [9.17, 15) is 18.3 Å². The van der Waals surface area contributed by atoms with E-state index in [1.807, 2.05) is 26.0 Å². The van der Waals surface area contributed by atoms with Crippen LogP contribution in [0, 0.1) is 13.8 Å². The molecule has 3 aromatic rings. The first-order valence-electron chi connectivity index (χ1n) is 10.6. The van der Waals surface area contributed by atoms with Crippen molar-refractivity contribution in [2.24, 2.45) is 0 Å². The van der Waals surface area contributed by atoms with E-state index in [2.05, 4.69) is 0 Å². The molecule has 0 saturated heterocycles. The molecule has 0 spiro atoms. The van der Waals surface area contributed by atoms with Gasteiger partial charge in [-0.1, -0.05) is 82.9 Å². The number of benzene rings is 3. The summed E-state index contributed by atoms with van der Waals surface area (Å²) in [7, 11) is -4.12. The zero-order chi connectivity index (χ0) is 24.6. The average Bonchev–Trinajstić information content (AvgIpc) is 2.80. The summed E-state index contributed by atoms with van der Waals surface area (Å²) >= 11 is 12.4. The highest BCUT2D eigenvalue weighted by atomic mass is 35.5. The lowest BCUT2D eigenvalue weighted by atomic mass is 9.89. The van der Waals surface area contributed by atoms with Gasteiger partial charge in [0.05, 0.1) is 32.6 Å². The molecule has 0 saturated carbocycles. The molecule has 1 N–H and O–H groups in total. The third kappa shape index (κ3) is 4.64. The SMILES string of the molecule is Cc1ccc(S(=O)(=O)N2C(c3ccc(Cl)c(Cl)c3)CC=C(C(=O)O)[C@@H]2c2cccc(C)c2)cc1. The largest absolute Gasteiger partial charge is 0.478 e. The Bertz CT molecular complexity index is 1380. The Labute approximate surface area is 209 Å².